The zero-order valence-corrected chi connectivity index (χ0v) is 17.0. The van der Waals surface area contributed by atoms with Gasteiger partial charge in [-0.1, -0.05) is 30.3 Å². The Bertz CT molecular complexity index is 1150. The minimum atomic E-state index is -0.475. The van der Waals surface area contributed by atoms with E-state index >= 15 is 0 Å². The number of nitro benzene ring substituents is 1. The first-order chi connectivity index (χ1) is 15.1. The van der Waals surface area contributed by atoms with Crippen LogP contribution in [-0.4, -0.2) is 22.3 Å². The fraction of sp³-hybridized carbons (Fsp3) is 0.208. The summed E-state index contributed by atoms with van der Waals surface area (Å²) in [6.45, 7) is 2.55. The van der Waals surface area contributed by atoms with E-state index in [9.17, 15) is 10.1 Å². The maximum absolute atomic E-state index is 11.0. The minimum Gasteiger partial charge on any atom is -0.494 e. The van der Waals surface area contributed by atoms with Crippen LogP contribution in [0.25, 0.3) is 0 Å². The molecule has 5 rings (SSSR count). The predicted molar refractivity (Wildman–Crippen MR) is 116 cm³/mol. The molecule has 3 aromatic rings. The Morgan fingerprint density at radius 2 is 1.90 bits per heavy atom. The minimum absolute atomic E-state index is 0.0143. The molecule has 0 bridgehead atoms. The summed E-state index contributed by atoms with van der Waals surface area (Å²) < 4.78 is 12.0. The average molecular weight is 415 g/mol. The fourth-order valence-electron chi connectivity index (χ4n) is 4.11. The van der Waals surface area contributed by atoms with Gasteiger partial charge in [-0.25, -0.2) is 5.01 Å². The molecule has 156 valence electrons. The molecule has 7 nitrogen and oxygen atoms in total. The lowest BCUT2D eigenvalue weighted by Gasteiger charge is -2.38. The first kappa shape index (κ1) is 19.1. The molecule has 0 N–H and O–H groups in total. The maximum atomic E-state index is 11.0. The lowest BCUT2D eigenvalue weighted by atomic mass is 9.95. The van der Waals surface area contributed by atoms with E-state index in [1.54, 1.807) is 12.1 Å². The van der Waals surface area contributed by atoms with Crippen molar-refractivity contribution in [3.05, 3.63) is 99.6 Å². The number of nitrogens with zero attached hydrogens (tertiary/aromatic N) is 3. The van der Waals surface area contributed by atoms with E-state index in [0.29, 0.717) is 6.61 Å². The van der Waals surface area contributed by atoms with Gasteiger partial charge < -0.3 is 9.47 Å². The highest BCUT2D eigenvalue weighted by molar-refractivity contribution is 6.01. The second kappa shape index (κ2) is 7.75. The van der Waals surface area contributed by atoms with Crippen LogP contribution in [-0.2, 0) is 0 Å². The molecular formula is C24H21N3O4. The van der Waals surface area contributed by atoms with Crippen molar-refractivity contribution < 1.29 is 14.4 Å². The Morgan fingerprint density at radius 1 is 1.13 bits per heavy atom. The largest absolute Gasteiger partial charge is 0.494 e. The van der Waals surface area contributed by atoms with E-state index in [2.05, 4.69) is 12.1 Å². The summed E-state index contributed by atoms with van der Waals surface area (Å²) in [6.07, 6.45) is 0.261. The second-order valence-corrected chi connectivity index (χ2v) is 7.46. The number of ether oxygens (including phenoxy) is 2. The quantitative estimate of drug-likeness (QED) is 0.421. The molecule has 2 aliphatic rings. The highest BCUT2D eigenvalue weighted by Gasteiger charge is 2.41. The molecule has 3 aromatic carbocycles. The number of rotatable bonds is 5. The zero-order chi connectivity index (χ0) is 21.4. The molecule has 2 heterocycles. The van der Waals surface area contributed by atoms with Crippen molar-refractivity contribution in [3.8, 4) is 11.5 Å². The van der Waals surface area contributed by atoms with Gasteiger partial charge >= 0.3 is 0 Å². The van der Waals surface area contributed by atoms with Crippen LogP contribution in [0.3, 0.4) is 0 Å². The third kappa shape index (κ3) is 3.48. The van der Waals surface area contributed by atoms with Crippen LogP contribution >= 0.6 is 0 Å². The van der Waals surface area contributed by atoms with Crippen LogP contribution in [0.15, 0.2) is 77.9 Å². The number of benzene rings is 3. The average Bonchev–Trinajstić information content (AvgIpc) is 3.25. The number of hydrogen-bond donors (Lipinski definition) is 0. The third-order valence-corrected chi connectivity index (χ3v) is 5.57. The Balaban J connectivity index is 1.57. The molecule has 2 aliphatic heterocycles. The molecule has 0 saturated carbocycles. The van der Waals surface area contributed by atoms with Gasteiger partial charge in [0.2, 0.25) is 6.23 Å². The summed E-state index contributed by atoms with van der Waals surface area (Å²) in [4.78, 5) is 10.6. The number of nitro groups is 1. The molecule has 0 spiro atoms. The van der Waals surface area contributed by atoms with Crippen LogP contribution in [0, 0.1) is 10.1 Å². The van der Waals surface area contributed by atoms with Crippen LogP contribution in [0.2, 0.25) is 0 Å². The first-order valence-corrected chi connectivity index (χ1v) is 10.2. The highest BCUT2D eigenvalue weighted by atomic mass is 16.6. The van der Waals surface area contributed by atoms with Gasteiger partial charge in [0.1, 0.15) is 11.5 Å². The molecular weight excluding hydrogens is 394 g/mol. The van der Waals surface area contributed by atoms with E-state index in [1.165, 1.54) is 12.1 Å². The molecule has 0 radical (unpaired) electrons. The van der Waals surface area contributed by atoms with Crippen molar-refractivity contribution in [3.63, 3.8) is 0 Å². The maximum Gasteiger partial charge on any atom is 0.269 e. The van der Waals surface area contributed by atoms with Crippen molar-refractivity contribution >= 4 is 11.4 Å². The van der Waals surface area contributed by atoms with Gasteiger partial charge in [0, 0.05) is 29.7 Å². The topological polar surface area (TPSA) is 77.2 Å². The molecule has 31 heavy (non-hydrogen) atoms. The molecule has 0 aromatic heterocycles. The van der Waals surface area contributed by atoms with Gasteiger partial charge in [0.05, 0.1) is 23.3 Å². The summed E-state index contributed by atoms with van der Waals surface area (Å²) in [5.74, 6) is 1.57. The van der Waals surface area contributed by atoms with Crippen molar-refractivity contribution in [2.45, 2.75) is 25.6 Å². The Labute approximate surface area is 179 Å². The summed E-state index contributed by atoms with van der Waals surface area (Å²) in [5, 5.41) is 17.9. The molecule has 2 atom stereocenters. The van der Waals surface area contributed by atoms with Gasteiger partial charge in [-0.15, -0.1) is 0 Å². The van der Waals surface area contributed by atoms with Crippen LogP contribution in [0.4, 0.5) is 5.69 Å². The molecule has 0 aliphatic carbocycles. The van der Waals surface area contributed by atoms with E-state index in [1.807, 2.05) is 48.3 Å². The highest BCUT2D eigenvalue weighted by Crippen LogP contribution is 2.48. The van der Waals surface area contributed by atoms with E-state index < -0.39 is 11.2 Å². The third-order valence-electron chi connectivity index (χ3n) is 5.57. The van der Waals surface area contributed by atoms with Gasteiger partial charge in [-0.2, -0.15) is 5.10 Å². The van der Waals surface area contributed by atoms with Gasteiger partial charge in [-0.3, -0.25) is 10.1 Å². The predicted octanol–water partition coefficient (Wildman–Crippen LogP) is 5.24. The van der Waals surface area contributed by atoms with Crippen LogP contribution < -0.4 is 9.47 Å². The summed E-state index contributed by atoms with van der Waals surface area (Å²) in [5.41, 5.74) is 3.94. The standard InChI is InChI=1S/C24H21N3O4/c1-2-30-19-12-13-23-20(14-19)22-15-21(16-6-4-3-5-7-16)25-26(22)24(31-23)17-8-10-18(11-9-17)27(28)29/h3-14,22,24H,2,15H2,1H3/t22-,24-/m0/s1. The normalized spacial score (nSPS) is 19.1. The lowest BCUT2D eigenvalue weighted by Crippen LogP contribution is -2.33. The van der Waals surface area contributed by atoms with Gasteiger partial charge in [-0.05, 0) is 42.8 Å². The van der Waals surface area contributed by atoms with Crippen molar-refractivity contribution in [2.24, 2.45) is 5.10 Å². The van der Waals surface area contributed by atoms with Crippen molar-refractivity contribution in [1.82, 2.24) is 5.01 Å². The van der Waals surface area contributed by atoms with Crippen molar-refractivity contribution in [1.29, 1.82) is 0 Å². The first-order valence-electron chi connectivity index (χ1n) is 10.2. The smallest absolute Gasteiger partial charge is 0.269 e. The number of fused-ring (bicyclic) bond motifs is 3. The number of hydrogen-bond acceptors (Lipinski definition) is 6. The van der Waals surface area contributed by atoms with Crippen molar-refractivity contribution in [2.75, 3.05) is 6.61 Å². The number of non-ortho nitro benzene ring substituents is 1. The SMILES string of the molecule is CCOc1ccc2c(c1)[C@@H]1CC(c3ccccc3)=NN1[C@H](c1ccc([N+](=O)[O-])cc1)O2. The van der Waals surface area contributed by atoms with Gasteiger partial charge in [0.25, 0.3) is 5.69 Å². The van der Waals surface area contributed by atoms with Crippen LogP contribution in [0.5, 0.6) is 11.5 Å². The molecule has 0 unspecified atom stereocenters. The Morgan fingerprint density at radius 3 is 2.61 bits per heavy atom. The molecule has 0 amide bonds. The monoisotopic (exact) mass is 415 g/mol. The molecule has 7 heteroatoms. The zero-order valence-electron chi connectivity index (χ0n) is 17.0. The van der Waals surface area contributed by atoms with Gasteiger partial charge in [0.15, 0.2) is 0 Å². The second-order valence-electron chi connectivity index (χ2n) is 7.46. The molecule has 0 fully saturated rings. The van der Waals surface area contributed by atoms with E-state index in [-0.39, 0.29) is 11.7 Å². The summed E-state index contributed by atoms with van der Waals surface area (Å²) in [7, 11) is 0. The van der Waals surface area contributed by atoms with Crippen LogP contribution in [0.1, 0.15) is 42.3 Å². The fourth-order valence-corrected chi connectivity index (χ4v) is 4.11. The van der Waals surface area contributed by atoms with E-state index in [0.717, 1.165) is 40.3 Å². The molecule has 0 saturated heterocycles. The Kier molecular flexibility index (Phi) is 4.78. The summed E-state index contributed by atoms with van der Waals surface area (Å²) >= 11 is 0. The summed E-state index contributed by atoms with van der Waals surface area (Å²) in [6, 6.07) is 22.4. The lowest BCUT2D eigenvalue weighted by molar-refractivity contribution is -0.384. The van der Waals surface area contributed by atoms with E-state index in [4.69, 9.17) is 14.6 Å². The Hall–Kier alpha value is -3.87. The number of hydrazone groups is 1.